The SMILES string of the molecule is CCOC(=O)C1(NCCN(C)C)COC1. The van der Waals surface area contributed by atoms with E-state index in [0.29, 0.717) is 19.8 Å². The van der Waals surface area contributed by atoms with Gasteiger partial charge in [0.2, 0.25) is 0 Å². The van der Waals surface area contributed by atoms with Crippen molar-refractivity contribution in [2.24, 2.45) is 0 Å². The molecule has 0 aromatic heterocycles. The minimum absolute atomic E-state index is 0.199. The van der Waals surface area contributed by atoms with Crippen molar-refractivity contribution in [1.29, 1.82) is 0 Å². The van der Waals surface area contributed by atoms with E-state index >= 15 is 0 Å². The summed E-state index contributed by atoms with van der Waals surface area (Å²) < 4.78 is 10.1. The summed E-state index contributed by atoms with van der Waals surface area (Å²) in [7, 11) is 3.99. The molecule has 0 atom stereocenters. The first-order valence-electron chi connectivity index (χ1n) is 5.25. The molecule has 1 fully saturated rings. The van der Waals surface area contributed by atoms with Gasteiger partial charge < -0.3 is 14.4 Å². The highest BCUT2D eigenvalue weighted by Gasteiger charge is 2.46. The van der Waals surface area contributed by atoms with E-state index in [4.69, 9.17) is 9.47 Å². The topological polar surface area (TPSA) is 50.8 Å². The molecular weight excluding hydrogens is 196 g/mol. The summed E-state index contributed by atoms with van der Waals surface area (Å²) in [6, 6.07) is 0. The second-order valence-electron chi connectivity index (χ2n) is 4.03. The summed E-state index contributed by atoms with van der Waals surface area (Å²) in [5, 5.41) is 3.21. The Kier molecular flexibility index (Phi) is 4.50. The number of rotatable bonds is 6. The van der Waals surface area contributed by atoms with E-state index in [9.17, 15) is 4.79 Å². The molecule has 1 saturated heterocycles. The van der Waals surface area contributed by atoms with Crippen molar-refractivity contribution >= 4 is 5.97 Å². The van der Waals surface area contributed by atoms with E-state index in [0.717, 1.165) is 13.1 Å². The third kappa shape index (κ3) is 3.15. The van der Waals surface area contributed by atoms with Gasteiger partial charge in [0, 0.05) is 13.1 Å². The molecule has 1 aliphatic heterocycles. The fourth-order valence-electron chi connectivity index (χ4n) is 1.39. The molecule has 0 amide bonds. The van der Waals surface area contributed by atoms with Crippen LogP contribution in [0.25, 0.3) is 0 Å². The molecule has 88 valence electrons. The maximum atomic E-state index is 11.6. The van der Waals surface area contributed by atoms with Crippen molar-refractivity contribution in [3.63, 3.8) is 0 Å². The third-order valence-electron chi connectivity index (χ3n) is 2.39. The summed E-state index contributed by atoms with van der Waals surface area (Å²) in [5.41, 5.74) is -0.591. The average molecular weight is 216 g/mol. The number of carbonyl (C=O) groups is 1. The summed E-state index contributed by atoms with van der Waals surface area (Å²) in [5.74, 6) is -0.199. The summed E-state index contributed by atoms with van der Waals surface area (Å²) in [4.78, 5) is 13.7. The average Bonchev–Trinajstić information content (AvgIpc) is 2.09. The van der Waals surface area contributed by atoms with Crippen molar-refractivity contribution < 1.29 is 14.3 Å². The van der Waals surface area contributed by atoms with Crippen LogP contribution in [-0.2, 0) is 14.3 Å². The molecule has 0 unspecified atom stereocenters. The maximum absolute atomic E-state index is 11.6. The van der Waals surface area contributed by atoms with Crippen LogP contribution in [0.5, 0.6) is 0 Å². The molecule has 0 aromatic rings. The van der Waals surface area contributed by atoms with Crippen LogP contribution in [0.15, 0.2) is 0 Å². The van der Waals surface area contributed by atoms with Gasteiger partial charge in [-0.05, 0) is 21.0 Å². The highest BCUT2D eigenvalue weighted by molar-refractivity contribution is 5.82. The lowest BCUT2D eigenvalue weighted by atomic mass is 9.98. The number of esters is 1. The molecule has 0 saturated carbocycles. The third-order valence-corrected chi connectivity index (χ3v) is 2.39. The van der Waals surface area contributed by atoms with Gasteiger partial charge in [-0.1, -0.05) is 0 Å². The Morgan fingerprint density at radius 1 is 1.53 bits per heavy atom. The Hall–Kier alpha value is -0.650. The fraction of sp³-hybridized carbons (Fsp3) is 0.900. The standard InChI is InChI=1S/C10H20N2O3/c1-4-15-9(13)10(7-14-8-10)11-5-6-12(2)3/h11H,4-8H2,1-3H3. The number of hydrogen-bond acceptors (Lipinski definition) is 5. The minimum Gasteiger partial charge on any atom is -0.464 e. The lowest BCUT2D eigenvalue weighted by Crippen LogP contribution is -2.66. The smallest absolute Gasteiger partial charge is 0.331 e. The highest BCUT2D eigenvalue weighted by Crippen LogP contribution is 2.18. The second-order valence-corrected chi connectivity index (χ2v) is 4.03. The number of hydrogen-bond donors (Lipinski definition) is 1. The number of nitrogens with zero attached hydrogens (tertiary/aromatic N) is 1. The minimum atomic E-state index is -0.591. The van der Waals surface area contributed by atoms with E-state index in [1.807, 2.05) is 21.0 Å². The van der Waals surface area contributed by atoms with Crippen molar-refractivity contribution in [2.45, 2.75) is 12.5 Å². The monoisotopic (exact) mass is 216 g/mol. The molecule has 0 aliphatic carbocycles. The zero-order valence-electron chi connectivity index (χ0n) is 9.71. The fourth-order valence-corrected chi connectivity index (χ4v) is 1.39. The summed E-state index contributed by atoms with van der Waals surface area (Å²) >= 11 is 0. The van der Waals surface area contributed by atoms with Gasteiger partial charge in [-0.3, -0.25) is 5.32 Å². The first-order chi connectivity index (χ1) is 7.10. The van der Waals surface area contributed by atoms with Gasteiger partial charge >= 0.3 is 5.97 Å². The van der Waals surface area contributed by atoms with Crippen LogP contribution < -0.4 is 5.32 Å². The Morgan fingerprint density at radius 3 is 2.60 bits per heavy atom. The Labute approximate surface area is 90.7 Å². The summed E-state index contributed by atoms with van der Waals surface area (Å²) in [6.45, 7) is 4.70. The zero-order chi connectivity index (χ0) is 11.3. The van der Waals surface area contributed by atoms with Gasteiger partial charge in [-0.2, -0.15) is 0 Å². The molecule has 5 heteroatoms. The predicted molar refractivity (Wildman–Crippen MR) is 56.7 cm³/mol. The lowest BCUT2D eigenvalue weighted by molar-refractivity contribution is -0.172. The molecule has 0 bridgehead atoms. The maximum Gasteiger partial charge on any atom is 0.331 e. The van der Waals surface area contributed by atoms with Gasteiger partial charge in [-0.25, -0.2) is 4.79 Å². The van der Waals surface area contributed by atoms with Crippen LogP contribution in [0.2, 0.25) is 0 Å². The molecule has 0 spiro atoms. The van der Waals surface area contributed by atoms with Crippen molar-refractivity contribution in [3.05, 3.63) is 0 Å². The molecule has 15 heavy (non-hydrogen) atoms. The van der Waals surface area contributed by atoms with E-state index < -0.39 is 5.54 Å². The van der Waals surface area contributed by atoms with Crippen LogP contribution >= 0.6 is 0 Å². The first-order valence-corrected chi connectivity index (χ1v) is 5.25. The van der Waals surface area contributed by atoms with E-state index in [1.165, 1.54) is 0 Å². The molecule has 1 heterocycles. The summed E-state index contributed by atoms with van der Waals surface area (Å²) in [6.07, 6.45) is 0. The van der Waals surface area contributed by atoms with Crippen LogP contribution in [0.1, 0.15) is 6.92 Å². The molecule has 0 radical (unpaired) electrons. The largest absolute Gasteiger partial charge is 0.464 e. The van der Waals surface area contributed by atoms with Crippen molar-refractivity contribution in [1.82, 2.24) is 10.2 Å². The number of ether oxygens (including phenoxy) is 2. The van der Waals surface area contributed by atoms with Crippen LogP contribution in [0.3, 0.4) is 0 Å². The van der Waals surface area contributed by atoms with Crippen LogP contribution in [0, 0.1) is 0 Å². The van der Waals surface area contributed by atoms with E-state index in [-0.39, 0.29) is 5.97 Å². The number of likely N-dealkylation sites (N-methyl/N-ethyl adjacent to an activating group) is 1. The van der Waals surface area contributed by atoms with Gasteiger partial charge in [-0.15, -0.1) is 0 Å². The number of nitrogens with one attached hydrogen (secondary N) is 1. The Morgan fingerprint density at radius 2 is 2.20 bits per heavy atom. The van der Waals surface area contributed by atoms with E-state index in [2.05, 4.69) is 10.2 Å². The number of carbonyl (C=O) groups excluding carboxylic acids is 1. The molecule has 1 N–H and O–H groups in total. The Balaban J connectivity index is 2.36. The van der Waals surface area contributed by atoms with Gasteiger partial charge in [0.15, 0.2) is 5.54 Å². The second kappa shape index (κ2) is 5.44. The van der Waals surface area contributed by atoms with Crippen molar-refractivity contribution in [3.8, 4) is 0 Å². The molecule has 1 rings (SSSR count). The molecule has 0 aromatic carbocycles. The highest BCUT2D eigenvalue weighted by atomic mass is 16.6. The first kappa shape index (κ1) is 12.4. The lowest BCUT2D eigenvalue weighted by Gasteiger charge is -2.39. The molecule has 5 nitrogen and oxygen atoms in total. The van der Waals surface area contributed by atoms with Gasteiger partial charge in [0.05, 0.1) is 19.8 Å². The van der Waals surface area contributed by atoms with Crippen LogP contribution in [-0.4, -0.2) is 63.4 Å². The molecule has 1 aliphatic rings. The Bertz CT molecular complexity index is 215. The molecular formula is C10H20N2O3. The van der Waals surface area contributed by atoms with Gasteiger partial charge in [0.1, 0.15) is 0 Å². The quantitative estimate of drug-likeness (QED) is 0.605. The van der Waals surface area contributed by atoms with Crippen molar-refractivity contribution in [2.75, 3.05) is 47.0 Å². The van der Waals surface area contributed by atoms with Gasteiger partial charge in [0.25, 0.3) is 0 Å². The zero-order valence-corrected chi connectivity index (χ0v) is 9.71. The normalized spacial score (nSPS) is 18.7. The van der Waals surface area contributed by atoms with E-state index in [1.54, 1.807) is 0 Å². The van der Waals surface area contributed by atoms with Crippen LogP contribution in [0.4, 0.5) is 0 Å². The predicted octanol–water partition coefficient (Wildman–Crippen LogP) is -0.530.